The Labute approximate surface area is 264 Å². The van der Waals surface area contributed by atoms with Crippen molar-refractivity contribution in [2.75, 3.05) is 18.1 Å². The number of nitro benzene ring substituents is 1. The molecule has 37 heavy (non-hydrogen) atoms. The van der Waals surface area contributed by atoms with Crippen LogP contribution in [0.15, 0.2) is 35.7 Å². The number of aliphatic hydroxyl groups is 2. The first-order valence-electron chi connectivity index (χ1n) is 10.1. The number of rotatable bonds is 9. The molecule has 0 bridgehead atoms. The van der Waals surface area contributed by atoms with Crippen LogP contribution in [0.2, 0.25) is 0 Å². The van der Waals surface area contributed by atoms with E-state index in [1.807, 2.05) is 0 Å². The number of ether oxygens (including phenoxy) is 1. The van der Waals surface area contributed by atoms with E-state index in [9.17, 15) is 30.1 Å². The monoisotopic (exact) mass is 588 g/mol. The third-order valence-electron chi connectivity index (χ3n) is 5.21. The first-order chi connectivity index (χ1) is 16.5. The topological polar surface area (TPSA) is 218 Å². The van der Waals surface area contributed by atoms with Crippen LogP contribution in [-0.2, 0) is 27.5 Å². The van der Waals surface area contributed by atoms with Gasteiger partial charge in [-0.3, -0.25) is 14.7 Å². The van der Waals surface area contributed by atoms with Gasteiger partial charge in [0.1, 0.15) is 23.8 Å². The zero-order chi connectivity index (χ0) is 25.3. The van der Waals surface area contributed by atoms with Gasteiger partial charge < -0.3 is 35.0 Å². The standard InChI is InChI=1S/C18H21N6O8PS2.2Na/c19-15-12-16(22-18(21-15)35-6-5-9-1-3-10(4-2-9)24(27)28)23(8-20-12)17-14(26)13(25)11(32-17)7-31-33(29,30)34;;/h1-4,8,11,13-14,17,25-26H,5-7H2,(H2,19,21,22)(H2,29,30,34);;/q;2*+1/p-2/t11-,13-,14-,17-;;/m1../s1. The summed E-state index contributed by atoms with van der Waals surface area (Å²) in [5.41, 5.74) is 7.43. The summed E-state index contributed by atoms with van der Waals surface area (Å²) in [5.74, 6) is 0.645. The number of nitrogens with zero attached hydrogens (tertiary/aromatic N) is 5. The number of aromatic nitrogens is 4. The van der Waals surface area contributed by atoms with Crippen LogP contribution in [0.3, 0.4) is 0 Å². The summed E-state index contributed by atoms with van der Waals surface area (Å²) in [6, 6.07) is 6.22. The number of hydrogen-bond donors (Lipinski definition) is 3. The van der Waals surface area contributed by atoms with Crippen molar-refractivity contribution < 1.29 is 93.3 Å². The van der Waals surface area contributed by atoms with E-state index in [4.69, 9.17) is 10.5 Å². The van der Waals surface area contributed by atoms with Gasteiger partial charge in [0.25, 0.3) is 5.69 Å². The fourth-order valence-electron chi connectivity index (χ4n) is 3.47. The summed E-state index contributed by atoms with van der Waals surface area (Å²) in [4.78, 5) is 45.3. The number of imidazole rings is 1. The van der Waals surface area contributed by atoms with E-state index in [0.29, 0.717) is 17.3 Å². The van der Waals surface area contributed by atoms with Crippen LogP contribution in [0.5, 0.6) is 0 Å². The van der Waals surface area contributed by atoms with Crippen molar-refractivity contribution in [2.24, 2.45) is 0 Å². The molecule has 0 unspecified atom stereocenters. The summed E-state index contributed by atoms with van der Waals surface area (Å²) >= 11 is 5.47. The van der Waals surface area contributed by atoms with Gasteiger partial charge in [0.2, 0.25) is 0 Å². The predicted octanol–water partition coefficient (Wildman–Crippen LogP) is -6.76. The minimum atomic E-state index is -4.47. The first-order valence-corrected chi connectivity index (χ1v) is 13.6. The van der Waals surface area contributed by atoms with E-state index in [1.165, 1.54) is 34.8 Å². The van der Waals surface area contributed by atoms with Gasteiger partial charge in [0, 0.05) is 17.9 Å². The minimum Gasteiger partial charge on any atom is -0.812 e. The predicted molar refractivity (Wildman–Crippen MR) is 123 cm³/mol. The maximum Gasteiger partial charge on any atom is 1.00 e. The summed E-state index contributed by atoms with van der Waals surface area (Å²) in [7, 11) is 0. The summed E-state index contributed by atoms with van der Waals surface area (Å²) in [6.07, 6.45) is -3.29. The maximum absolute atomic E-state index is 11.1. The van der Waals surface area contributed by atoms with Crippen molar-refractivity contribution in [1.82, 2.24) is 19.5 Å². The molecule has 1 aliphatic rings. The van der Waals surface area contributed by atoms with Crippen LogP contribution < -0.4 is 74.6 Å². The summed E-state index contributed by atoms with van der Waals surface area (Å²) in [5, 5.41) is 31.8. The molecule has 0 amide bonds. The van der Waals surface area contributed by atoms with Crippen molar-refractivity contribution in [2.45, 2.75) is 36.1 Å². The zero-order valence-electron chi connectivity index (χ0n) is 19.7. The number of non-ortho nitro benzene ring substituents is 1. The molecule has 14 nitrogen and oxygen atoms in total. The Hall–Kier alpha value is -0.270. The molecule has 19 heteroatoms. The third-order valence-corrected chi connectivity index (χ3v) is 6.84. The largest absolute Gasteiger partial charge is 1.00 e. The van der Waals surface area contributed by atoms with E-state index in [0.717, 1.165) is 5.56 Å². The number of nitro groups is 1. The SMILES string of the molecule is Nc1nc(SCCc2ccc([N+](=O)[O-])cc2)nc2c1ncn2[C@@H]1O[C@H](COP([O-])([O-])=S)[C@@H](O)[C@H]1O.[Na+].[Na+]. The Morgan fingerprint density at radius 2 is 1.89 bits per heavy atom. The Kier molecular flexibility index (Phi) is 12.4. The normalized spacial score (nSPS) is 21.4. The fourth-order valence-corrected chi connectivity index (χ4v) is 4.82. The Bertz CT molecular complexity index is 1280. The van der Waals surface area contributed by atoms with E-state index < -0.39 is 42.8 Å². The molecule has 4 atom stereocenters. The molecule has 0 radical (unpaired) electrons. The summed E-state index contributed by atoms with van der Waals surface area (Å²) in [6.45, 7) is -5.03. The Morgan fingerprint density at radius 3 is 2.51 bits per heavy atom. The van der Waals surface area contributed by atoms with Gasteiger partial charge in [0.15, 0.2) is 22.8 Å². The summed E-state index contributed by atoms with van der Waals surface area (Å²) < 4.78 is 11.5. The van der Waals surface area contributed by atoms with Crippen molar-refractivity contribution in [3.63, 3.8) is 0 Å². The van der Waals surface area contributed by atoms with Crippen molar-refractivity contribution in [3.05, 3.63) is 46.3 Å². The molecule has 188 valence electrons. The minimum absolute atomic E-state index is 0. The van der Waals surface area contributed by atoms with Crippen molar-refractivity contribution in [1.29, 1.82) is 0 Å². The molecule has 1 aliphatic heterocycles. The maximum atomic E-state index is 11.1. The number of nitrogens with two attached hydrogens (primary N) is 1. The Morgan fingerprint density at radius 1 is 1.22 bits per heavy atom. The number of hydrogen-bond acceptors (Lipinski definition) is 14. The fraction of sp³-hybridized carbons (Fsp3) is 0.389. The van der Waals surface area contributed by atoms with E-state index in [2.05, 4.69) is 31.3 Å². The third kappa shape index (κ3) is 8.13. The van der Waals surface area contributed by atoms with Crippen LogP contribution in [0.4, 0.5) is 11.5 Å². The van der Waals surface area contributed by atoms with Crippen LogP contribution in [0.25, 0.3) is 11.2 Å². The van der Waals surface area contributed by atoms with Gasteiger partial charge in [-0.1, -0.05) is 30.6 Å². The number of anilines is 1. The van der Waals surface area contributed by atoms with Gasteiger partial charge in [-0.15, -0.1) is 11.8 Å². The zero-order valence-corrected chi connectivity index (χ0v) is 26.3. The van der Waals surface area contributed by atoms with Gasteiger partial charge in [0.05, 0.1) is 17.9 Å². The number of benzene rings is 1. The second-order valence-corrected chi connectivity index (χ2v) is 11.1. The molecule has 2 aromatic heterocycles. The molecular formula is C18H19N6Na2O8PS2. The average Bonchev–Trinajstić information content (AvgIpc) is 3.34. The van der Waals surface area contributed by atoms with Crippen LogP contribution in [0, 0.1) is 10.1 Å². The smallest absolute Gasteiger partial charge is 0.812 e. The van der Waals surface area contributed by atoms with Crippen LogP contribution in [0.1, 0.15) is 11.8 Å². The van der Waals surface area contributed by atoms with E-state index in [1.54, 1.807) is 12.1 Å². The second-order valence-electron chi connectivity index (χ2n) is 7.53. The van der Waals surface area contributed by atoms with Gasteiger partial charge in [-0.05, 0) is 12.0 Å². The number of aryl methyl sites for hydroxylation is 1. The number of aliphatic hydroxyl groups excluding tert-OH is 2. The second kappa shape index (κ2) is 13.9. The molecule has 0 saturated carbocycles. The molecule has 3 heterocycles. The first kappa shape index (κ1) is 32.9. The molecule has 1 saturated heterocycles. The van der Waals surface area contributed by atoms with Crippen molar-refractivity contribution in [3.8, 4) is 0 Å². The molecule has 3 aromatic rings. The quantitative estimate of drug-likeness (QED) is 0.0529. The molecule has 1 fully saturated rings. The van der Waals surface area contributed by atoms with E-state index >= 15 is 0 Å². The number of nitrogen functional groups attached to an aromatic ring is 1. The van der Waals surface area contributed by atoms with Crippen LogP contribution in [-0.4, -0.2) is 65.3 Å². The van der Waals surface area contributed by atoms with E-state index in [-0.39, 0.29) is 81.8 Å². The van der Waals surface area contributed by atoms with Crippen molar-refractivity contribution >= 4 is 53.0 Å². The Balaban J connectivity index is 0.00000241. The number of thioether (sulfide) groups is 1. The molecular weight excluding hydrogens is 569 g/mol. The molecule has 1 aromatic carbocycles. The van der Waals surface area contributed by atoms with Gasteiger partial charge in [-0.2, -0.15) is 0 Å². The van der Waals surface area contributed by atoms with Gasteiger partial charge in [-0.25, -0.2) is 15.0 Å². The molecule has 4 N–H and O–H groups in total. The molecule has 0 spiro atoms. The van der Waals surface area contributed by atoms with Crippen LogP contribution >= 0.6 is 18.5 Å². The molecule has 0 aliphatic carbocycles. The van der Waals surface area contributed by atoms with Gasteiger partial charge >= 0.3 is 59.1 Å². The average molecular weight is 588 g/mol. The molecule has 4 rings (SSSR count). The number of fused-ring (bicyclic) bond motifs is 1.